The van der Waals surface area contributed by atoms with E-state index in [4.69, 9.17) is 5.73 Å². The van der Waals surface area contributed by atoms with Gasteiger partial charge < -0.3 is 11.1 Å². The van der Waals surface area contributed by atoms with Crippen molar-refractivity contribution in [3.8, 4) is 0 Å². The highest BCUT2D eigenvalue weighted by Crippen LogP contribution is 1.97. The zero-order chi connectivity index (χ0) is 11.1. The van der Waals surface area contributed by atoms with Crippen LogP contribution in [0.25, 0.3) is 0 Å². The molecule has 0 radical (unpaired) electrons. The van der Waals surface area contributed by atoms with E-state index >= 15 is 0 Å². The highest BCUT2D eigenvalue weighted by Gasteiger charge is 2.15. The monoisotopic (exact) mass is 220 g/mol. The summed E-state index contributed by atoms with van der Waals surface area (Å²) in [7, 11) is -0.782. The Morgan fingerprint density at radius 2 is 2.07 bits per heavy atom. The number of hydrogen-bond donors (Lipinski definition) is 2. The van der Waals surface area contributed by atoms with E-state index < -0.39 is 16.8 Å². The van der Waals surface area contributed by atoms with Crippen LogP contribution >= 0.6 is 0 Å². The molecule has 0 aromatic heterocycles. The van der Waals surface area contributed by atoms with Gasteiger partial charge in [-0.25, -0.2) is 0 Å². The molecule has 0 fully saturated rings. The molecule has 0 aliphatic heterocycles. The van der Waals surface area contributed by atoms with Gasteiger partial charge in [0.25, 0.3) is 0 Å². The van der Waals surface area contributed by atoms with Crippen LogP contribution in [0.3, 0.4) is 0 Å². The van der Waals surface area contributed by atoms with Crippen LogP contribution in [0.1, 0.15) is 20.3 Å². The summed E-state index contributed by atoms with van der Waals surface area (Å²) >= 11 is 0. The van der Waals surface area contributed by atoms with Crippen molar-refractivity contribution in [1.82, 2.24) is 5.32 Å². The predicted molar refractivity (Wildman–Crippen MR) is 59.4 cm³/mol. The van der Waals surface area contributed by atoms with Crippen molar-refractivity contribution >= 4 is 16.7 Å². The average Bonchev–Trinajstić information content (AvgIpc) is 2.10. The Morgan fingerprint density at radius 3 is 2.50 bits per heavy atom. The molecule has 0 aromatic rings. The van der Waals surface area contributed by atoms with E-state index in [-0.39, 0.29) is 11.8 Å². The minimum Gasteiger partial charge on any atom is -0.355 e. The Hall–Kier alpha value is -0.420. The molecule has 0 saturated carbocycles. The minimum atomic E-state index is -0.782. The van der Waals surface area contributed by atoms with Gasteiger partial charge in [-0.15, -0.1) is 0 Å². The van der Waals surface area contributed by atoms with Crippen LogP contribution < -0.4 is 11.1 Å². The van der Waals surface area contributed by atoms with E-state index in [0.29, 0.717) is 12.3 Å². The van der Waals surface area contributed by atoms with Crippen LogP contribution in [0.5, 0.6) is 0 Å². The first-order valence-corrected chi connectivity index (χ1v) is 6.51. The van der Waals surface area contributed by atoms with Gasteiger partial charge in [-0.3, -0.25) is 9.00 Å². The Bertz CT molecular complexity index is 207. The zero-order valence-corrected chi connectivity index (χ0v) is 9.89. The van der Waals surface area contributed by atoms with Crippen molar-refractivity contribution in [2.45, 2.75) is 26.3 Å². The smallest absolute Gasteiger partial charge is 0.237 e. The van der Waals surface area contributed by atoms with E-state index in [9.17, 15) is 9.00 Å². The van der Waals surface area contributed by atoms with Crippen molar-refractivity contribution in [3.05, 3.63) is 0 Å². The van der Waals surface area contributed by atoms with Crippen molar-refractivity contribution in [1.29, 1.82) is 0 Å². The molecule has 3 N–H and O–H groups in total. The first-order chi connectivity index (χ1) is 6.45. The quantitative estimate of drug-likeness (QED) is 0.612. The first-order valence-electron chi connectivity index (χ1n) is 4.78. The van der Waals surface area contributed by atoms with Gasteiger partial charge in [-0.1, -0.05) is 13.8 Å². The lowest BCUT2D eigenvalue weighted by Crippen LogP contribution is -2.44. The fourth-order valence-electron chi connectivity index (χ4n) is 0.908. The van der Waals surface area contributed by atoms with E-state index in [1.54, 1.807) is 6.26 Å². The Balaban J connectivity index is 3.59. The largest absolute Gasteiger partial charge is 0.355 e. The fourth-order valence-corrected chi connectivity index (χ4v) is 1.46. The van der Waals surface area contributed by atoms with Gasteiger partial charge in [0.2, 0.25) is 5.91 Å². The van der Waals surface area contributed by atoms with E-state index in [2.05, 4.69) is 5.32 Å². The second-order valence-electron chi connectivity index (χ2n) is 3.69. The maximum absolute atomic E-state index is 11.3. The van der Waals surface area contributed by atoms with E-state index in [1.807, 2.05) is 13.8 Å². The lowest BCUT2D eigenvalue weighted by atomic mass is 10.1. The molecule has 84 valence electrons. The fraction of sp³-hybridized carbons (Fsp3) is 0.889. The Labute approximate surface area is 88.1 Å². The molecule has 0 aromatic carbocycles. The summed E-state index contributed by atoms with van der Waals surface area (Å²) in [5.41, 5.74) is 5.63. The molecule has 5 heteroatoms. The van der Waals surface area contributed by atoms with E-state index in [1.165, 1.54) is 0 Å². The van der Waals surface area contributed by atoms with Crippen molar-refractivity contribution < 1.29 is 9.00 Å². The summed E-state index contributed by atoms with van der Waals surface area (Å²) in [6.45, 7) is 4.37. The van der Waals surface area contributed by atoms with Crippen LogP contribution in [-0.2, 0) is 15.6 Å². The Morgan fingerprint density at radius 1 is 1.50 bits per heavy atom. The van der Waals surface area contributed by atoms with Crippen molar-refractivity contribution in [3.63, 3.8) is 0 Å². The number of hydrogen-bond acceptors (Lipinski definition) is 3. The molecule has 0 spiro atoms. The highest BCUT2D eigenvalue weighted by molar-refractivity contribution is 7.84. The van der Waals surface area contributed by atoms with Gasteiger partial charge in [0.15, 0.2) is 0 Å². The topological polar surface area (TPSA) is 72.2 Å². The molecule has 0 rings (SSSR count). The van der Waals surface area contributed by atoms with Gasteiger partial charge in [-0.2, -0.15) is 0 Å². The predicted octanol–water partition coefficient (Wildman–Crippen LogP) is -0.145. The van der Waals surface area contributed by atoms with Gasteiger partial charge in [0, 0.05) is 29.4 Å². The van der Waals surface area contributed by atoms with Crippen LogP contribution in [0.15, 0.2) is 0 Å². The number of nitrogens with two attached hydrogens (primary N) is 1. The molecular formula is C9H20N2O2S. The van der Waals surface area contributed by atoms with Crippen LogP contribution in [-0.4, -0.2) is 34.7 Å². The second kappa shape index (κ2) is 6.95. The summed E-state index contributed by atoms with van der Waals surface area (Å²) in [5.74, 6) is 0.647. The molecule has 0 bridgehead atoms. The molecule has 4 nitrogen and oxygen atoms in total. The first kappa shape index (κ1) is 13.6. The third-order valence-corrected chi connectivity index (χ3v) is 2.79. The summed E-state index contributed by atoms with van der Waals surface area (Å²) in [4.78, 5) is 11.3. The van der Waals surface area contributed by atoms with Gasteiger partial charge in [0.1, 0.15) is 0 Å². The molecule has 2 unspecified atom stereocenters. The van der Waals surface area contributed by atoms with Crippen molar-refractivity contribution in [2.24, 2.45) is 11.7 Å². The van der Waals surface area contributed by atoms with Gasteiger partial charge in [0.05, 0.1) is 6.04 Å². The number of carbonyl (C=O) groups excluding carboxylic acids is 1. The summed E-state index contributed by atoms with van der Waals surface area (Å²) in [6, 6.07) is -0.442. The summed E-state index contributed by atoms with van der Waals surface area (Å²) < 4.78 is 10.7. The second-order valence-corrected chi connectivity index (χ2v) is 5.25. The molecule has 1 amide bonds. The zero-order valence-electron chi connectivity index (χ0n) is 9.08. The molecule has 2 atom stereocenters. The number of carbonyl (C=O) groups is 1. The summed E-state index contributed by atoms with van der Waals surface area (Å²) in [5, 5.41) is 2.72. The highest BCUT2D eigenvalue weighted by atomic mass is 32.2. The molecule has 0 heterocycles. The third-order valence-electron chi connectivity index (χ3n) is 1.93. The number of nitrogens with one attached hydrogen (secondary N) is 1. The van der Waals surface area contributed by atoms with Gasteiger partial charge >= 0.3 is 0 Å². The van der Waals surface area contributed by atoms with Crippen molar-refractivity contribution in [2.75, 3.05) is 18.6 Å². The summed E-state index contributed by atoms with van der Waals surface area (Å²) in [6.07, 6.45) is 2.39. The maximum atomic E-state index is 11.3. The molecule has 0 aliphatic carbocycles. The lowest BCUT2D eigenvalue weighted by molar-refractivity contribution is -0.123. The molecular weight excluding hydrogens is 200 g/mol. The third kappa shape index (κ3) is 6.10. The standard InChI is InChI=1S/C9H20N2O2S/c1-7(2)8(10)9(12)11-5-4-6-14(3)13/h7-8H,4-6,10H2,1-3H3,(H,11,12). The number of amides is 1. The average molecular weight is 220 g/mol. The Kier molecular flexibility index (Phi) is 6.74. The number of rotatable bonds is 6. The van der Waals surface area contributed by atoms with Gasteiger partial charge in [-0.05, 0) is 12.3 Å². The molecule has 0 saturated heterocycles. The maximum Gasteiger partial charge on any atom is 0.237 e. The van der Waals surface area contributed by atoms with Crippen LogP contribution in [0, 0.1) is 5.92 Å². The van der Waals surface area contributed by atoms with Crippen LogP contribution in [0.2, 0.25) is 0 Å². The van der Waals surface area contributed by atoms with Crippen LogP contribution in [0.4, 0.5) is 0 Å². The minimum absolute atomic E-state index is 0.123. The molecule has 14 heavy (non-hydrogen) atoms. The SMILES string of the molecule is CC(C)C(N)C(=O)NCCCS(C)=O. The lowest BCUT2D eigenvalue weighted by Gasteiger charge is -2.14. The normalized spacial score (nSPS) is 15.2. The molecule has 0 aliphatic rings. The van der Waals surface area contributed by atoms with E-state index in [0.717, 1.165) is 6.42 Å².